The Labute approximate surface area is 128 Å². The number of hydrogen-bond donors (Lipinski definition) is 1. The third-order valence-electron chi connectivity index (χ3n) is 3.13. The van der Waals surface area contributed by atoms with Gasteiger partial charge in [0.05, 0.1) is 24.4 Å². The molecular weight excluding hydrogens is 288 g/mol. The molecule has 21 heavy (non-hydrogen) atoms. The standard InChI is InChI=1S/C16H15ClN2O2/c17-8-13-6-12(7-14-10-20-11-21-16(13)14)9-18-19-15-4-2-1-3-5-15/h1-7,9,19H,8,10-11H2. The first kappa shape index (κ1) is 13.9. The fourth-order valence-electron chi connectivity index (χ4n) is 2.19. The number of para-hydroxylation sites is 1. The van der Waals surface area contributed by atoms with Gasteiger partial charge in [-0.2, -0.15) is 5.10 Å². The van der Waals surface area contributed by atoms with Crippen LogP contribution in [-0.4, -0.2) is 13.0 Å². The number of hydrogen-bond acceptors (Lipinski definition) is 4. The molecule has 108 valence electrons. The molecule has 1 aliphatic rings. The number of anilines is 1. The molecule has 0 aliphatic carbocycles. The highest BCUT2D eigenvalue weighted by Crippen LogP contribution is 2.30. The minimum absolute atomic E-state index is 0.278. The van der Waals surface area contributed by atoms with E-state index in [1.165, 1.54) is 0 Å². The van der Waals surface area contributed by atoms with Crippen LogP contribution in [0.5, 0.6) is 5.75 Å². The quantitative estimate of drug-likeness (QED) is 0.531. The second-order valence-corrected chi connectivity index (χ2v) is 4.92. The number of rotatable bonds is 4. The van der Waals surface area contributed by atoms with Gasteiger partial charge in [0.1, 0.15) is 5.75 Å². The van der Waals surface area contributed by atoms with E-state index in [0.29, 0.717) is 12.5 Å². The first-order valence-electron chi connectivity index (χ1n) is 6.63. The average Bonchev–Trinajstić information content (AvgIpc) is 2.55. The van der Waals surface area contributed by atoms with E-state index in [4.69, 9.17) is 21.1 Å². The molecule has 3 rings (SSSR count). The van der Waals surface area contributed by atoms with Crippen LogP contribution in [0, 0.1) is 0 Å². The Morgan fingerprint density at radius 3 is 2.90 bits per heavy atom. The molecule has 0 bridgehead atoms. The highest BCUT2D eigenvalue weighted by atomic mass is 35.5. The van der Waals surface area contributed by atoms with Crippen molar-refractivity contribution in [3.63, 3.8) is 0 Å². The van der Waals surface area contributed by atoms with Gasteiger partial charge in [-0.15, -0.1) is 11.6 Å². The monoisotopic (exact) mass is 302 g/mol. The lowest BCUT2D eigenvalue weighted by Crippen LogP contribution is -2.13. The number of alkyl halides is 1. The van der Waals surface area contributed by atoms with Crippen LogP contribution in [0.15, 0.2) is 47.6 Å². The van der Waals surface area contributed by atoms with Gasteiger partial charge in [-0.3, -0.25) is 5.43 Å². The topological polar surface area (TPSA) is 42.9 Å². The molecule has 2 aromatic rings. The van der Waals surface area contributed by atoms with Crippen LogP contribution in [0.1, 0.15) is 16.7 Å². The zero-order valence-corrected chi connectivity index (χ0v) is 12.1. The highest BCUT2D eigenvalue weighted by molar-refractivity contribution is 6.17. The Morgan fingerprint density at radius 2 is 2.10 bits per heavy atom. The summed E-state index contributed by atoms with van der Waals surface area (Å²) in [5.41, 5.74) is 6.84. The summed E-state index contributed by atoms with van der Waals surface area (Å²) in [6.45, 7) is 0.812. The lowest BCUT2D eigenvalue weighted by molar-refractivity contribution is -0.0169. The Kier molecular flexibility index (Phi) is 4.38. The second-order valence-electron chi connectivity index (χ2n) is 4.65. The van der Waals surface area contributed by atoms with E-state index in [9.17, 15) is 0 Å². The van der Waals surface area contributed by atoms with Crippen molar-refractivity contribution in [3.8, 4) is 5.75 Å². The predicted molar refractivity (Wildman–Crippen MR) is 83.9 cm³/mol. The molecule has 0 unspecified atom stereocenters. The molecule has 1 heterocycles. The minimum atomic E-state index is 0.278. The number of halogens is 1. The van der Waals surface area contributed by atoms with E-state index in [-0.39, 0.29) is 6.79 Å². The molecule has 0 radical (unpaired) electrons. The smallest absolute Gasteiger partial charge is 0.189 e. The summed E-state index contributed by atoms with van der Waals surface area (Å²) in [6.07, 6.45) is 1.76. The van der Waals surface area contributed by atoms with Crippen LogP contribution in [0.2, 0.25) is 0 Å². The molecule has 0 saturated carbocycles. The van der Waals surface area contributed by atoms with Gasteiger partial charge in [0.2, 0.25) is 0 Å². The average molecular weight is 303 g/mol. The van der Waals surface area contributed by atoms with Crippen molar-refractivity contribution >= 4 is 23.5 Å². The lowest BCUT2D eigenvalue weighted by atomic mass is 10.1. The van der Waals surface area contributed by atoms with Gasteiger partial charge in [0.25, 0.3) is 0 Å². The molecule has 1 N–H and O–H groups in total. The summed E-state index contributed by atoms with van der Waals surface area (Å²) in [7, 11) is 0. The Bertz CT molecular complexity index is 627. The zero-order chi connectivity index (χ0) is 14.5. The van der Waals surface area contributed by atoms with Gasteiger partial charge in [-0.25, -0.2) is 0 Å². The Balaban J connectivity index is 1.79. The summed E-state index contributed by atoms with van der Waals surface area (Å²) in [6, 6.07) is 13.8. The summed E-state index contributed by atoms with van der Waals surface area (Å²) < 4.78 is 10.8. The molecule has 0 atom stereocenters. The van der Waals surface area contributed by atoms with Crippen molar-refractivity contribution in [2.45, 2.75) is 12.5 Å². The fraction of sp³-hybridized carbons (Fsp3) is 0.188. The summed E-state index contributed by atoms with van der Waals surface area (Å²) in [5.74, 6) is 1.24. The van der Waals surface area contributed by atoms with Gasteiger partial charge >= 0.3 is 0 Å². The van der Waals surface area contributed by atoms with E-state index < -0.39 is 0 Å². The fourth-order valence-corrected chi connectivity index (χ4v) is 2.39. The van der Waals surface area contributed by atoms with Crippen LogP contribution in [0.3, 0.4) is 0 Å². The van der Waals surface area contributed by atoms with Gasteiger partial charge in [-0.1, -0.05) is 18.2 Å². The number of benzene rings is 2. The van der Waals surface area contributed by atoms with Crippen molar-refractivity contribution in [3.05, 3.63) is 59.2 Å². The zero-order valence-electron chi connectivity index (χ0n) is 11.4. The van der Waals surface area contributed by atoms with Crippen LogP contribution in [0.4, 0.5) is 5.69 Å². The highest BCUT2D eigenvalue weighted by Gasteiger charge is 2.15. The Hall–Kier alpha value is -2.04. The maximum absolute atomic E-state index is 5.98. The van der Waals surface area contributed by atoms with Crippen molar-refractivity contribution < 1.29 is 9.47 Å². The van der Waals surface area contributed by atoms with E-state index in [2.05, 4.69) is 10.5 Å². The number of ether oxygens (including phenoxy) is 2. The SMILES string of the molecule is ClCc1cc(C=NNc2ccccc2)cc2c1OCOC2. The van der Waals surface area contributed by atoms with Gasteiger partial charge in [0, 0.05) is 11.1 Å². The molecule has 0 aromatic heterocycles. The van der Waals surface area contributed by atoms with Crippen molar-refractivity contribution in [1.29, 1.82) is 0 Å². The van der Waals surface area contributed by atoms with E-state index >= 15 is 0 Å². The third kappa shape index (κ3) is 3.35. The molecule has 0 spiro atoms. The first-order chi connectivity index (χ1) is 10.4. The summed E-state index contributed by atoms with van der Waals surface area (Å²) in [5, 5.41) is 4.24. The molecular formula is C16H15ClN2O2. The number of hydrazone groups is 1. The van der Waals surface area contributed by atoms with Gasteiger partial charge in [-0.05, 0) is 29.8 Å². The van der Waals surface area contributed by atoms with Gasteiger partial charge < -0.3 is 9.47 Å². The summed E-state index contributed by atoms with van der Waals surface area (Å²) in [4.78, 5) is 0. The van der Waals surface area contributed by atoms with Crippen LogP contribution in [-0.2, 0) is 17.2 Å². The predicted octanol–water partition coefficient (Wildman–Crippen LogP) is 3.74. The van der Waals surface area contributed by atoms with E-state index in [1.807, 2.05) is 42.5 Å². The van der Waals surface area contributed by atoms with Crippen LogP contribution < -0.4 is 10.2 Å². The van der Waals surface area contributed by atoms with Crippen molar-refractivity contribution in [1.82, 2.24) is 0 Å². The summed E-state index contributed by atoms with van der Waals surface area (Å²) >= 11 is 5.98. The molecule has 0 saturated heterocycles. The molecule has 0 fully saturated rings. The maximum Gasteiger partial charge on any atom is 0.189 e. The molecule has 5 heteroatoms. The second kappa shape index (κ2) is 6.61. The van der Waals surface area contributed by atoms with E-state index in [0.717, 1.165) is 28.1 Å². The third-order valence-corrected chi connectivity index (χ3v) is 3.42. The van der Waals surface area contributed by atoms with Gasteiger partial charge in [0.15, 0.2) is 6.79 Å². The van der Waals surface area contributed by atoms with Crippen LogP contribution >= 0.6 is 11.6 Å². The minimum Gasteiger partial charge on any atom is -0.467 e. The maximum atomic E-state index is 5.98. The Morgan fingerprint density at radius 1 is 1.24 bits per heavy atom. The van der Waals surface area contributed by atoms with Crippen molar-refractivity contribution in [2.24, 2.45) is 5.10 Å². The first-order valence-corrected chi connectivity index (χ1v) is 7.16. The molecule has 1 aliphatic heterocycles. The normalized spacial score (nSPS) is 13.8. The molecule has 0 amide bonds. The van der Waals surface area contributed by atoms with Crippen LogP contribution in [0.25, 0.3) is 0 Å². The largest absolute Gasteiger partial charge is 0.467 e. The number of nitrogens with zero attached hydrogens (tertiary/aromatic N) is 1. The lowest BCUT2D eigenvalue weighted by Gasteiger charge is -2.20. The molecule has 2 aromatic carbocycles. The molecule has 4 nitrogen and oxygen atoms in total. The van der Waals surface area contributed by atoms with E-state index in [1.54, 1.807) is 6.21 Å². The van der Waals surface area contributed by atoms with Crippen molar-refractivity contribution in [2.75, 3.05) is 12.2 Å². The number of nitrogens with one attached hydrogen (secondary N) is 1. The number of fused-ring (bicyclic) bond motifs is 1.